The lowest BCUT2D eigenvalue weighted by Crippen LogP contribution is -2.53. The zero-order valence-electron chi connectivity index (χ0n) is 10.1. The van der Waals surface area contributed by atoms with Crippen molar-refractivity contribution in [3.63, 3.8) is 0 Å². The van der Waals surface area contributed by atoms with Gasteiger partial charge in [-0.15, -0.1) is 0 Å². The van der Waals surface area contributed by atoms with Gasteiger partial charge in [0.2, 0.25) is 5.91 Å². The summed E-state index contributed by atoms with van der Waals surface area (Å²) in [6.45, 7) is 9.29. The second kappa shape index (κ2) is 4.51. The summed E-state index contributed by atoms with van der Waals surface area (Å²) in [6.07, 6.45) is 0.398. The van der Waals surface area contributed by atoms with E-state index in [-0.39, 0.29) is 17.2 Å². The monoisotopic (exact) mass is 215 g/mol. The lowest BCUT2D eigenvalue weighted by molar-refractivity contribution is -0.123. The third kappa shape index (κ3) is 5.24. The van der Waals surface area contributed by atoms with Crippen LogP contribution in [0.25, 0.3) is 0 Å². The molecule has 0 rings (SSSR count). The van der Waals surface area contributed by atoms with Crippen molar-refractivity contribution >= 4 is 11.7 Å². The highest BCUT2D eigenvalue weighted by Gasteiger charge is 2.27. The number of oxime groups is 1. The minimum absolute atomic E-state index is 0.00948. The van der Waals surface area contributed by atoms with Crippen molar-refractivity contribution < 1.29 is 10.0 Å². The number of hydrogen-bond donors (Lipinski definition) is 3. The first-order chi connectivity index (χ1) is 6.58. The number of amidine groups is 1. The van der Waals surface area contributed by atoms with Gasteiger partial charge in [-0.1, -0.05) is 25.9 Å². The topological polar surface area (TPSA) is 87.7 Å². The van der Waals surface area contributed by atoms with Crippen molar-refractivity contribution in [1.29, 1.82) is 0 Å². The van der Waals surface area contributed by atoms with Crippen LogP contribution in [0.3, 0.4) is 0 Å². The highest BCUT2D eigenvalue weighted by atomic mass is 16.4. The van der Waals surface area contributed by atoms with E-state index in [0.29, 0.717) is 6.42 Å². The molecule has 5 heteroatoms. The van der Waals surface area contributed by atoms with Crippen LogP contribution in [0.2, 0.25) is 0 Å². The molecule has 0 bridgehead atoms. The molecule has 88 valence electrons. The van der Waals surface area contributed by atoms with Crippen LogP contribution < -0.4 is 11.1 Å². The molecular formula is C10H21N3O2. The molecule has 15 heavy (non-hydrogen) atoms. The Kier molecular flexibility index (Phi) is 4.13. The summed E-state index contributed by atoms with van der Waals surface area (Å²) in [6, 6.07) is 0. The molecule has 0 aliphatic heterocycles. The van der Waals surface area contributed by atoms with Gasteiger partial charge in [-0.05, 0) is 19.3 Å². The van der Waals surface area contributed by atoms with Crippen molar-refractivity contribution in [2.75, 3.05) is 0 Å². The normalized spacial score (nSPS) is 13.8. The predicted octanol–water partition coefficient (Wildman–Crippen LogP) is 1.06. The first kappa shape index (κ1) is 13.7. The third-order valence-corrected chi connectivity index (χ3v) is 1.89. The fourth-order valence-corrected chi connectivity index (χ4v) is 1.06. The van der Waals surface area contributed by atoms with E-state index in [2.05, 4.69) is 10.5 Å². The van der Waals surface area contributed by atoms with Gasteiger partial charge in [-0.3, -0.25) is 4.79 Å². The van der Waals surface area contributed by atoms with Gasteiger partial charge in [0.05, 0.1) is 5.54 Å². The maximum absolute atomic E-state index is 11.6. The quantitative estimate of drug-likeness (QED) is 0.285. The predicted molar refractivity (Wildman–Crippen MR) is 59.7 cm³/mol. The van der Waals surface area contributed by atoms with Crippen LogP contribution >= 0.6 is 0 Å². The summed E-state index contributed by atoms with van der Waals surface area (Å²) in [4.78, 5) is 11.6. The first-order valence-corrected chi connectivity index (χ1v) is 4.87. The number of nitrogens with one attached hydrogen (secondary N) is 1. The average Bonchev–Trinajstić information content (AvgIpc) is 1.97. The number of rotatable bonds is 3. The summed E-state index contributed by atoms with van der Waals surface area (Å²) < 4.78 is 0. The molecule has 5 nitrogen and oxygen atoms in total. The Balaban J connectivity index is 4.42. The molecule has 0 heterocycles. The van der Waals surface area contributed by atoms with Gasteiger partial charge in [0.15, 0.2) is 5.84 Å². The van der Waals surface area contributed by atoms with Gasteiger partial charge in [0.1, 0.15) is 0 Å². The average molecular weight is 215 g/mol. The molecule has 0 aliphatic carbocycles. The minimum atomic E-state index is -0.822. The zero-order chi connectivity index (χ0) is 12.3. The summed E-state index contributed by atoms with van der Waals surface area (Å²) in [5.74, 6) is -0.121. The molecule has 0 saturated carbocycles. The number of carbonyl (C=O) groups excluding carboxylic acids is 1. The Morgan fingerprint density at radius 3 is 2.13 bits per heavy atom. The molecular weight excluding hydrogens is 194 g/mol. The maximum Gasteiger partial charge on any atom is 0.221 e. The fourth-order valence-electron chi connectivity index (χ4n) is 1.06. The molecule has 0 aliphatic rings. The molecule has 0 aromatic heterocycles. The second-order valence-electron chi connectivity index (χ2n) is 5.40. The van der Waals surface area contributed by atoms with Crippen LogP contribution in [0, 0.1) is 5.41 Å². The molecule has 0 spiro atoms. The van der Waals surface area contributed by atoms with E-state index in [4.69, 9.17) is 10.9 Å². The van der Waals surface area contributed by atoms with Crippen molar-refractivity contribution in [2.45, 2.75) is 46.6 Å². The molecule has 0 aromatic rings. The number of hydrogen-bond acceptors (Lipinski definition) is 3. The molecule has 0 fully saturated rings. The van der Waals surface area contributed by atoms with Gasteiger partial charge < -0.3 is 16.3 Å². The SMILES string of the molecule is CC(C)(C)CC(=O)NC(C)(C)/C(N)=N/O. The Morgan fingerprint density at radius 1 is 1.33 bits per heavy atom. The van der Waals surface area contributed by atoms with E-state index < -0.39 is 5.54 Å². The smallest absolute Gasteiger partial charge is 0.221 e. The van der Waals surface area contributed by atoms with Gasteiger partial charge in [0, 0.05) is 6.42 Å². The Morgan fingerprint density at radius 2 is 1.80 bits per heavy atom. The van der Waals surface area contributed by atoms with Crippen LogP contribution in [0.4, 0.5) is 0 Å². The van der Waals surface area contributed by atoms with E-state index in [0.717, 1.165) is 0 Å². The Bertz CT molecular complexity index is 264. The van der Waals surface area contributed by atoms with Gasteiger partial charge in [0.25, 0.3) is 0 Å². The van der Waals surface area contributed by atoms with E-state index in [1.807, 2.05) is 20.8 Å². The molecule has 4 N–H and O–H groups in total. The molecule has 0 unspecified atom stereocenters. The van der Waals surface area contributed by atoms with E-state index >= 15 is 0 Å². The van der Waals surface area contributed by atoms with Gasteiger partial charge in [-0.25, -0.2) is 0 Å². The van der Waals surface area contributed by atoms with Crippen LogP contribution in [-0.2, 0) is 4.79 Å². The van der Waals surface area contributed by atoms with Gasteiger partial charge >= 0.3 is 0 Å². The van der Waals surface area contributed by atoms with E-state index in [1.165, 1.54) is 0 Å². The van der Waals surface area contributed by atoms with Crippen LogP contribution in [0.1, 0.15) is 41.0 Å². The molecule has 0 aromatic carbocycles. The summed E-state index contributed by atoms with van der Waals surface area (Å²) >= 11 is 0. The van der Waals surface area contributed by atoms with Crippen molar-refractivity contribution in [2.24, 2.45) is 16.3 Å². The summed E-state index contributed by atoms with van der Waals surface area (Å²) in [5.41, 5.74) is 4.55. The Labute approximate surface area is 90.7 Å². The van der Waals surface area contributed by atoms with Crippen molar-refractivity contribution in [1.82, 2.24) is 5.32 Å². The zero-order valence-corrected chi connectivity index (χ0v) is 10.1. The van der Waals surface area contributed by atoms with Gasteiger partial charge in [-0.2, -0.15) is 0 Å². The van der Waals surface area contributed by atoms with Crippen LogP contribution in [0.15, 0.2) is 5.16 Å². The van der Waals surface area contributed by atoms with Crippen LogP contribution in [-0.4, -0.2) is 22.5 Å². The second-order valence-corrected chi connectivity index (χ2v) is 5.40. The number of carbonyl (C=O) groups is 1. The standard InChI is InChI=1S/C10H21N3O2/c1-9(2,3)6-7(14)12-10(4,5)8(11)13-15/h15H,6H2,1-5H3,(H2,11,13)(H,12,14). The first-order valence-electron chi connectivity index (χ1n) is 4.87. The minimum Gasteiger partial charge on any atom is -0.409 e. The largest absolute Gasteiger partial charge is 0.409 e. The lowest BCUT2D eigenvalue weighted by Gasteiger charge is -2.26. The summed E-state index contributed by atoms with van der Waals surface area (Å²) in [7, 11) is 0. The fraction of sp³-hybridized carbons (Fsp3) is 0.800. The third-order valence-electron chi connectivity index (χ3n) is 1.89. The number of amides is 1. The van der Waals surface area contributed by atoms with E-state index in [1.54, 1.807) is 13.8 Å². The van der Waals surface area contributed by atoms with E-state index in [9.17, 15) is 4.79 Å². The molecule has 1 amide bonds. The number of nitrogens with two attached hydrogens (primary N) is 1. The lowest BCUT2D eigenvalue weighted by atomic mass is 9.91. The molecule has 0 radical (unpaired) electrons. The van der Waals surface area contributed by atoms with Crippen LogP contribution in [0.5, 0.6) is 0 Å². The highest BCUT2D eigenvalue weighted by molar-refractivity contribution is 5.93. The highest BCUT2D eigenvalue weighted by Crippen LogP contribution is 2.18. The number of nitrogens with zero attached hydrogens (tertiary/aromatic N) is 1. The maximum atomic E-state index is 11.6. The van der Waals surface area contributed by atoms with Crippen molar-refractivity contribution in [3.05, 3.63) is 0 Å². The Hall–Kier alpha value is -1.26. The molecule has 0 saturated heterocycles. The molecule has 0 atom stereocenters. The van der Waals surface area contributed by atoms with Crippen molar-refractivity contribution in [3.8, 4) is 0 Å². The summed E-state index contributed by atoms with van der Waals surface area (Å²) in [5, 5.41) is 14.1.